The van der Waals surface area contributed by atoms with Gasteiger partial charge in [-0.15, -0.1) is 6.58 Å². The third kappa shape index (κ3) is 6.37. The lowest BCUT2D eigenvalue weighted by atomic mass is 9.60. The molecule has 2 unspecified atom stereocenters. The maximum Gasteiger partial charge on any atom is -0.00905 e. The van der Waals surface area contributed by atoms with Crippen LogP contribution in [-0.4, -0.2) is 0 Å². The fourth-order valence-corrected chi connectivity index (χ4v) is 7.16. The average Bonchev–Trinajstić information content (AvgIpc) is 2.81. The molecule has 3 rings (SSSR count). The van der Waals surface area contributed by atoms with Crippen molar-refractivity contribution in [1.29, 1.82) is 0 Å². The van der Waals surface area contributed by atoms with Gasteiger partial charge >= 0.3 is 0 Å². The zero-order valence-corrected chi connectivity index (χ0v) is 20.2. The van der Waals surface area contributed by atoms with Gasteiger partial charge in [0.05, 0.1) is 0 Å². The van der Waals surface area contributed by atoms with Crippen molar-refractivity contribution in [2.75, 3.05) is 0 Å². The Morgan fingerprint density at radius 1 is 0.867 bits per heavy atom. The summed E-state index contributed by atoms with van der Waals surface area (Å²) in [5, 5.41) is 0. The SMILES string of the molecule is C=CCCC1CCC(/C=C/CCC2CCCCC2C(=C)C2(CC)CCCCC2)CC1. The summed E-state index contributed by atoms with van der Waals surface area (Å²) in [6.45, 7) is 11.1. The van der Waals surface area contributed by atoms with Crippen LogP contribution in [0.15, 0.2) is 37.0 Å². The molecule has 2 atom stereocenters. The predicted molar refractivity (Wildman–Crippen MR) is 134 cm³/mol. The number of hydrogen-bond donors (Lipinski definition) is 0. The van der Waals surface area contributed by atoms with Gasteiger partial charge in [-0.3, -0.25) is 0 Å². The zero-order chi connectivity index (χ0) is 21.2. The fourth-order valence-electron chi connectivity index (χ4n) is 7.16. The van der Waals surface area contributed by atoms with Crippen molar-refractivity contribution in [3.8, 4) is 0 Å². The molecule has 0 N–H and O–H groups in total. The molecule has 0 amide bonds. The third-order valence-corrected chi connectivity index (χ3v) is 9.31. The molecule has 0 aliphatic heterocycles. The highest BCUT2D eigenvalue weighted by Crippen LogP contribution is 2.51. The molecule has 0 bridgehead atoms. The van der Waals surface area contributed by atoms with E-state index < -0.39 is 0 Å². The maximum atomic E-state index is 4.80. The summed E-state index contributed by atoms with van der Waals surface area (Å²) in [5.41, 5.74) is 2.16. The van der Waals surface area contributed by atoms with Crippen molar-refractivity contribution in [2.45, 2.75) is 122 Å². The van der Waals surface area contributed by atoms with E-state index in [-0.39, 0.29) is 0 Å². The molecular formula is C30H50. The lowest BCUT2D eigenvalue weighted by Crippen LogP contribution is -2.33. The normalized spacial score (nSPS) is 32.2. The Morgan fingerprint density at radius 3 is 2.30 bits per heavy atom. The number of allylic oxidation sites excluding steroid dienone is 4. The number of rotatable bonds is 10. The van der Waals surface area contributed by atoms with Gasteiger partial charge < -0.3 is 0 Å². The summed E-state index contributed by atoms with van der Waals surface area (Å²) in [6.07, 6.45) is 32.4. The molecule has 3 aliphatic carbocycles. The first kappa shape index (κ1) is 23.9. The van der Waals surface area contributed by atoms with Gasteiger partial charge in [-0.2, -0.15) is 0 Å². The fraction of sp³-hybridized carbons (Fsp3) is 0.800. The molecule has 0 heteroatoms. The van der Waals surface area contributed by atoms with E-state index in [0.717, 1.165) is 23.7 Å². The van der Waals surface area contributed by atoms with Gasteiger partial charge in [0.1, 0.15) is 0 Å². The van der Waals surface area contributed by atoms with Crippen LogP contribution in [0, 0.1) is 29.1 Å². The summed E-state index contributed by atoms with van der Waals surface area (Å²) in [7, 11) is 0. The topological polar surface area (TPSA) is 0 Å². The molecule has 0 aromatic carbocycles. The molecule has 0 saturated heterocycles. The quantitative estimate of drug-likeness (QED) is 0.314. The maximum absolute atomic E-state index is 4.80. The van der Waals surface area contributed by atoms with Crippen LogP contribution in [0.4, 0.5) is 0 Å². The van der Waals surface area contributed by atoms with Crippen molar-refractivity contribution >= 4 is 0 Å². The van der Waals surface area contributed by atoms with Crippen molar-refractivity contribution in [1.82, 2.24) is 0 Å². The van der Waals surface area contributed by atoms with Gasteiger partial charge in [0, 0.05) is 0 Å². The minimum absolute atomic E-state index is 0.485. The van der Waals surface area contributed by atoms with Crippen LogP contribution in [0.5, 0.6) is 0 Å². The second-order valence-electron chi connectivity index (χ2n) is 11.0. The van der Waals surface area contributed by atoms with E-state index >= 15 is 0 Å². The van der Waals surface area contributed by atoms with E-state index in [9.17, 15) is 0 Å². The Balaban J connectivity index is 1.46. The largest absolute Gasteiger partial charge is 0.103 e. The van der Waals surface area contributed by atoms with E-state index in [4.69, 9.17) is 6.58 Å². The standard InChI is InChI=1S/C30H50/c1-4-6-14-26-19-21-27(22-20-26)15-8-9-16-28-17-10-11-18-29(28)25(3)30(5-2)23-12-7-13-24-30/h4,8,15,26-29H,1,3,5-7,9-14,16-24H2,2H3/b15-8+. The van der Waals surface area contributed by atoms with Crippen LogP contribution >= 0.6 is 0 Å². The average molecular weight is 411 g/mol. The minimum Gasteiger partial charge on any atom is -0.103 e. The minimum atomic E-state index is 0.485. The Labute approximate surface area is 188 Å². The molecule has 0 nitrogen and oxygen atoms in total. The molecule has 0 aromatic heterocycles. The first-order valence-electron chi connectivity index (χ1n) is 13.7. The lowest BCUT2D eigenvalue weighted by Gasteiger charge is -2.45. The van der Waals surface area contributed by atoms with Gasteiger partial charge in [-0.25, -0.2) is 0 Å². The highest BCUT2D eigenvalue weighted by atomic mass is 14.4. The van der Waals surface area contributed by atoms with Crippen molar-refractivity contribution in [3.05, 3.63) is 37.0 Å². The molecule has 170 valence electrons. The van der Waals surface area contributed by atoms with E-state index in [2.05, 4.69) is 31.7 Å². The molecule has 0 heterocycles. The van der Waals surface area contributed by atoms with E-state index in [1.165, 1.54) is 116 Å². The second kappa shape index (κ2) is 12.3. The van der Waals surface area contributed by atoms with Gasteiger partial charge in [0.2, 0.25) is 0 Å². The summed E-state index contributed by atoms with van der Waals surface area (Å²) < 4.78 is 0. The Kier molecular flexibility index (Phi) is 9.79. The highest BCUT2D eigenvalue weighted by Gasteiger charge is 2.39. The molecule has 0 aromatic rings. The van der Waals surface area contributed by atoms with Crippen LogP contribution in [0.25, 0.3) is 0 Å². The first-order chi connectivity index (χ1) is 14.7. The van der Waals surface area contributed by atoms with Crippen LogP contribution in [0.3, 0.4) is 0 Å². The Morgan fingerprint density at radius 2 is 1.60 bits per heavy atom. The lowest BCUT2D eigenvalue weighted by molar-refractivity contribution is 0.165. The predicted octanol–water partition coefficient (Wildman–Crippen LogP) is 9.82. The number of hydrogen-bond acceptors (Lipinski definition) is 0. The second-order valence-corrected chi connectivity index (χ2v) is 11.0. The van der Waals surface area contributed by atoms with Gasteiger partial charge in [0.15, 0.2) is 0 Å². The Hall–Kier alpha value is -0.780. The van der Waals surface area contributed by atoms with Crippen LogP contribution in [0.1, 0.15) is 122 Å². The van der Waals surface area contributed by atoms with Gasteiger partial charge in [-0.1, -0.05) is 69.4 Å². The van der Waals surface area contributed by atoms with Gasteiger partial charge in [-0.05, 0) is 113 Å². The third-order valence-electron chi connectivity index (χ3n) is 9.31. The summed E-state index contributed by atoms with van der Waals surface area (Å²) in [5.74, 6) is 3.53. The highest BCUT2D eigenvalue weighted by molar-refractivity contribution is 5.17. The molecule has 3 saturated carbocycles. The van der Waals surface area contributed by atoms with Crippen LogP contribution in [-0.2, 0) is 0 Å². The Bertz CT molecular complexity index is 538. The first-order valence-corrected chi connectivity index (χ1v) is 13.7. The molecule has 3 aliphatic rings. The molecule has 0 spiro atoms. The molecule has 30 heavy (non-hydrogen) atoms. The molecule has 3 fully saturated rings. The zero-order valence-electron chi connectivity index (χ0n) is 20.2. The van der Waals surface area contributed by atoms with Crippen molar-refractivity contribution in [2.24, 2.45) is 29.1 Å². The van der Waals surface area contributed by atoms with Gasteiger partial charge in [0.25, 0.3) is 0 Å². The van der Waals surface area contributed by atoms with Crippen molar-refractivity contribution < 1.29 is 0 Å². The summed E-state index contributed by atoms with van der Waals surface area (Å²) in [4.78, 5) is 0. The van der Waals surface area contributed by atoms with E-state index in [1.807, 2.05) is 0 Å². The smallest absolute Gasteiger partial charge is 0.00905 e. The molecular weight excluding hydrogens is 360 g/mol. The van der Waals surface area contributed by atoms with Crippen molar-refractivity contribution in [3.63, 3.8) is 0 Å². The van der Waals surface area contributed by atoms with E-state index in [0.29, 0.717) is 5.41 Å². The van der Waals surface area contributed by atoms with E-state index in [1.54, 1.807) is 5.57 Å². The molecule has 0 radical (unpaired) electrons. The van der Waals surface area contributed by atoms with Crippen LogP contribution < -0.4 is 0 Å². The van der Waals surface area contributed by atoms with Crippen LogP contribution in [0.2, 0.25) is 0 Å². The monoisotopic (exact) mass is 410 g/mol. The summed E-state index contributed by atoms with van der Waals surface area (Å²) >= 11 is 0. The summed E-state index contributed by atoms with van der Waals surface area (Å²) in [6, 6.07) is 0.